The number of fused-ring (bicyclic) bond motifs is 1. The van der Waals surface area contributed by atoms with E-state index in [-0.39, 0.29) is 17.9 Å². The fraction of sp³-hybridized carbons (Fsp3) is 0.333. The third kappa shape index (κ3) is 5.94. The number of rotatable bonds is 8. The summed E-state index contributed by atoms with van der Waals surface area (Å²) in [5.74, 6) is -0.138. The summed E-state index contributed by atoms with van der Waals surface area (Å²) >= 11 is 0. The molecule has 1 N–H and O–H groups in total. The maximum atomic E-state index is 13.3. The third-order valence-corrected chi connectivity index (χ3v) is 5.56. The van der Waals surface area contributed by atoms with Crippen LogP contribution in [0.4, 0.5) is 0 Å². The quantitative estimate of drug-likeness (QED) is 0.560. The molecule has 0 aliphatic heterocycles. The van der Waals surface area contributed by atoms with Gasteiger partial charge in [0.15, 0.2) is 0 Å². The molecule has 0 saturated carbocycles. The second kappa shape index (κ2) is 10.3. The molecule has 162 valence electrons. The molecule has 0 aromatic heterocycles. The molecule has 0 unspecified atom stereocenters. The van der Waals surface area contributed by atoms with Crippen LogP contribution in [0.1, 0.15) is 43.9 Å². The molecule has 0 aliphatic rings. The van der Waals surface area contributed by atoms with Crippen LogP contribution in [0, 0.1) is 6.92 Å². The highest BCUT2D eigenvalue weighted by molar-refractivity contribution is 5.89. The Kier molecular flexibility index (Phi) is 7.45. The van der Waals surface area contributed by atoms with Crippen LogP contribution in [0.3, 0.4) is 0 Å². The maximum Gasteiger partial charge on any atom is 0.242 e. The molecule has 0 radical (unpaired) electrons. The number of hydrogen-bond donors (Lipinski definition) is 1. The van der Waals surface area contributed by atoms with Gasteiger partial charge in [0.1, 0.15) is 6.04 Å². The smallest absolute Gasteiger partial charge is 0.242 e. The number of nitrogens with one attached hydrogen (secondary N) is 1. The molecule has 31 heavy (non-hydrogen) atoms. The van der Waals surface area contributed by atoms with E-state index >= 15 is 0 Å². The van der Waals surface area contributed by atoms with Crippen LogP contribution in [-0.2, 0) is 22.6 Å². The van der Waals surface area contributed by atoms with Crippen LogP contribution in [0.15, 0.2) is 66.7 Å². The molecule has 1 atom stereocenters. The zero-order valence-corrected chi connectivity index (χ0v) is 18.9. The molecule has 0 aliphatic carbocycles. The number of hydrogen-bond acceptors (Lipinski definition) is 2. The van der Waals surface area contributed by atoms with Gasteiger partial charge < -0.3 is 10.2 Å². The molecule has 0 heterocycles. The summed E-state index contributed by atoms with van der Waals surface area (Å²) in [4.78, 5) is 27.7. The van der Waals surface area contributed by atoms with E-state index in [1.54, 1.807) is 4.90 Å². The van der Waals surface area contributed by atoms with Gasteiger partial charge in [0, 0.05) is 19.0 Å². The van der Waals surface area contributed by atoms with Crippen LogP contribution >= 0.6 is 0 Å². The van der Waals surface area contributed by atoms with Crippen LogP contribution in [0.5, 0.6) is 0 Å². The van der Waals surface area contributed by atoms with Crippen molar-refractivity contribution in [1.29, 1.82) is 0 Å². The fourth-order valence-electron chi connectivity index (χ4n) is 3.77. The molecule has 0 fully saturated rings. The lowest BCUT2D eigenvalue weighted by molar-refractivity contribution is -0.140. The summed E-state index contributed by atoms with van der Waals surface area (Å²) in [6.07, 6.45) is 1.00. The van der Waals surface area contributed by atoms with Crippen molar-refractivity contribution in [2.75, 3.05) is 0 Å². The van der Waals surface area contributed by atoms with Crippen molar-refractivity contribution in [3.8, 4) is 0 Å². The van der Waals surface area contributed by atoms with Crippen molar-refractivity contribution in [1.82, 2.24) is 10.2 Å². The van der Waals surface area contributed by atoms with Gasteiger partial charge in [-0.05, 0) is 56.0 Å². The molecular weight excluding hydrogens is 384 g/mol. The van der Waals surface area contributed by atoms with Gasteiger partial charge in [0.25, 0.3) is 0 Å². The minimum atomic E-state index is -0.538. The summed E-state index contributed by atoms with van der Waals surface area (Å²) in [5, 5.41) is 5.29. The van der Waals surface area contributed by atoms with E-state index in [0.29, 0.717) is 19.4 Å². The molecule has 3 aromatic rings. The van der Waals surface area contributed by atoms with Crippen molar-refractivity contribution in [2.45, 2.75) is 59.2 Å². The number of amides is 2. The number of carbonyl (C=O) groups is 2. The minimum Gasteiger partial charge on any atom is -0.352 e. The van der Waals surface area contributed by atoms with Crippen LogP contribution in [0.2, 0.25) is 0 Å². The Labute approximate surface area is 185 Å². The normalized spacial score (nSPS) is 12.0. The predicted molar refractivity (Wildman–Crippen MR) is 127 cm³/mol. The molecule has 3 aromatic carbocycles. The Morgan fingerprint density at radius 1 is 0.903 bits per heavy atom. The summed E-state index contributed by atoms with van der Waals surface area (Å²) in [5.41, 5.74) is 3.34. The lowest BCUT2D eigenvalue weighted by Gasteiger charge is -2.29. The third-order valence-electron chi connectivity index (χ3n) is 5.56. The standard InChI is InChI=1S/C27H32N2O2/c1-19(2)28-27(31)21(4)29(18-22-14-12-20(3)13-15-22)26(30)17-16-24-10-7-9-23-8-5-6-11-25(23)24/h5-15,19,21H,16-18H2,1-4H3,(H,28,31)/t21-/m0/s1. The van der Waals surface area contributed by atoms with Gasteiger partial charge in [-0.1, -0.05) is 72.3 Å². The van der Waals surface area contributed by atoms with E-state index in [1.807, 2.05) is 70.2 Å². The van der Waals surface area contributed by atoms with E-state index in [1.165, 1.54) is 16.3 Å². The first-order valence-electron chi connectivity index (χ1n) is 11.0. The first-order valence-corrected chi connectivity index (χ1v) is 11.0. The molecule has 3 rings (SSSR count). The van der Waals surface area contributed by atoms with Crippen LogP contribution < -0.4 is 5.32 Å². The monoisotopic (exact) mass is 416 g/mol. The van der Waals surface area contributed by atoms with E-state index < -0.39 is 6.04 Å². The highest BCUT2D eigenvalue weighted by atomic mass is 16.2. The molecule has 4 nitrogen and oxygen atoms in total. The largest absolute Gasteiger partial charge is 0.352 e. The Morgan fingerprint density at radius 3 is 2.29 bits per heavy atom. The van der Waals surface area contributed by atoms with E-state index in [2.05, 4.69) is 29.6 Å². The second-order valence-electron chi connectivity index (χ2n) is 8.48. The van der Waals surface area contributed by atoms with Gasteiger partial charge in [0.2, 0.25) is 11.8 Å². The molecule has 2 amide bonds. The van der Waals surface area contributed by atoms with Crippen LogP contribution in [-0.4, -0.2) is 28.8 Å². The second-order valence-corrected chi connectivity index (χ2v) is 8.48. The van der Waals surface area contributed by atoms with Crippen molar-refractivity contribution < 1.29 is 9.59 Å². The predicted octanol–water partition coefficient (Wildman–Crippen LogP) is 5.02. The van der Waals surface area contributed by atoms with Crippen molar-refractivity contribution in [3.05, 3.63) is 83.4 Å². The Bertz CT molecular complexity index is 1040. The molecular formula is C27H32N2O2. The minimum absolute atomic E-state index is 0.0140. The zero-order chi connectivity index (χ0) is 22.4. The van der Waals surface area contributed by atoms with Gasteiger partial charge in [-0.2, -0.15) is 0 Å². The zero-order valence-electron chi connectivity index (χ0n) is 18.9. The van der Waals surface area contributed by atoms with Gasteiger partial charge in [-0.15, -0.1) is 0 Å². The van der Waals surface area contributed by atoms with Gasteiger partial charge in [0.05, 0.1) is 0 Å². The van der Waals surface area contributed by atoms with E-state index in [9.17, 15) is 9.59 Å². The van der Waals surface area contributed by atoms with Crippen molar-refractivity contribution in [3.63, 3.8) is 0 Å². The number of aryl methyl sites for hydroxylation is 2. The lowest BCUT2D eigenvalue weighted by Crippen LogP contribution is -2.49. The summed E-state index contributed by atoms with van der Waals surface area (Å²) in [7, 11) is 0. The first-order chi connectivity index (χ1) is 14.8. The van der Waals surface area contributed by atoms with Crippen LogP contribution in [0.25, 0.3) is 10.8 Å². The Balaban J connectivity index is 1.78. The Hall–Kier alpha value is -3.14. The van der Waals surface area contributed by atoms with Gasteiger partial charge >= 0.3 is 0 Å². The summed E-state index contributed by atoms with van der Waals surface area (Å²) < 4.78 is 0. The van der Waals surface area contributed by atoms with E-state index in [4.69, 9.17) is 0 Å². The fourth-order valence-corrected chi connectivity index (χ4v) is 3.77. The molecule has 0 spiro atoms. The van der Waals surface area contributed by atoms with Crippen molar-refractivity contribution >= 4 is 22.6 Å². The first kappa shape index (κ1) is 22.5. The lowest BCUT2D eigenvalue weighted by atomic mass is 10.0. The topological polar surface area (TPSA) is 49.4 Å². The molecule has 0 bridgehead atoms. The van der Waals surface area contributed by atoms with Crippen molar-refractivity contribution in [2.24, 2.45) is 0 Å². The van der Waals surface area contributed by atoms with Gasteiger partial charge in [-0.3, -0.25) is 9.59 Å². The maximum absolute atomic E-state index is 13.3. The number of benzene rings is 3. The average molecular weight is 417 g/mol. The molecule has 4 heteroatoms. The molecule has 0 saturated heterocycles. The number of carbonyl (C=O) groups excluding carboxylic acids is 2. The van der Waals surface area contributed by atoms with E-state index in [0.717, 1.165) is 11.1 Å². The summed E-state index contributed by atoms with van der Waals surface area (Å²) in [6.45, 7) is 8.12. The average Bonchev–Trinajstić information content (AvgIpc) is 2.76. The number of nitrogens with zero attached hydrogens (tertiary/aromatic N) is 1. The highest BCUT2D eigenvalue weighted by Gasteiger charge is 2.26. The Morgan fingerprint density at radius 2 is 1.58 bits per heavy atom. The highest BCUT2D eigenvalue weighted by Crippen LogP contribution is 2.21. The summed E-state index contributed by atoms with van der Waals surface area (Å²) in [6, 6.07) is 22.0. The van der Waals surface area contributed by atoms with Gasteiger partial charge in [-0.25, -0.2) is 0 Å². The SMILES string of the molecule is Cc1ccc(CN(C(=O)CCc2cccc3ccccc23)[C@@H](C)C(=O)NC(C)C)cc1.